The van der Waals surface area contributed by atoms with E-state index in [9.17, 15) is 4.79 Å². The zero-order chi connectivity index (χ0) is 14.8. The number of benzene rings is 1. The average molecular weight is 275 g/mol. The third-order valence-corrected chi connectivity index (χ3v) is 4.42. The van der Waals surface area contributed by atoms with Crippen molar-refractivity contribution >= 4 is 5.97 Å². The molecule has 3 heteroatoms. The van der Waals surface area contributed by atoms with Crippen molar-refractivity contribution < 1.29 is 9.53 Å². The van der Waals surface area contributed by atoms with Crippen molar-refractivity contribution in [2.45, 2.75) is 58.2 Å². The molecule has 110 valence electrons. The largest absolute Gasteiger partial charge is 0.452 e. The number of hydrogen-bond donors (Lipinski definition) is 0. The van der Waals surface area contributed by atoms with Gasteiger partial charge in [0.15, 0.2) is 5.60 Å². The molecule has 0 saturated carbocycles. The Kier molecular flexibility index (Phi) is 4.48. The van der Waals surface area contributed by atoms with Gasteiger partial charge in [0, 0.05) is 25.4 Å². The molecule has 1 fully saturated rings. The van der Waals surface area contributed by atoms with Gasteiger partial charge in [0.2, 0.25) is 0 Å². The van der Waals surface area contributed by atoms with Crippen molar-refractivity contribution in [3.63, 3.8) is 0 Å². The van der Waals surface area contributed by atoms with Crippen LogP contribution in [-0.2, 0) is 15.1 Å². The van der Waals surface area contributed by atoms with Crippen LogP contribution in [0.15, 0.2) is 30.3 Å². The lowest BCUT2D eigenvalue weighted by atomic mass is 9.86. The van der Waals surface area contributed by atoms with Crippen LogP contribution in [0.3, 0.4) is 0 Å². The molecule has 1 aromatic carbocycles. The van der Waals surface area contributed by atoms with Gasteiger partial charge in [-0.15, -0.1) is 0 Å². The van der Waals surface area contributed by atoms with E-state index in [0.717, 1.165) is 18.5 Å². The third kappa shape index (κ3) is 2.59. The quantitative estimate of drug-likeness (QED) is 0.789. The topological polar surface area (TPSA) is 29.5 Å². The molecule has 0 aliphatic carbocycles. The first-order valence-corrected chi connectivity index (χ1v) is 7.54. The van der Waals surface area contributed by atoms with Crippen molar-refractivity contribution in [2.75, 3.05) is 6.54 Å². The number of carbonyl (C=O) groups excluding carboxylic acids is 1. The van der Waals surface area contributed by atoms with E-state index in [2.05, 4.69) is 37.8 Å². The summed E-state index contributed by atoms with van der Waals surface area (Å²) in [6, 6.07) is 10.8. The third-order valence-electron chi connectivity index (χ3n) is 4.42. The predicted molar refractivity (Wildman–Crippen MR) is 80.4 cm³/mol. The Labute approximate surface area is 121 Å². The monoisotopic (exact) mass is 275 g/mol. The molecule has 0 amide bonds. The highest BCUT2D eigenvalue weighted by Gasteiger charge is 2.49. The molecule has 1 aromatic rings. The standard InChI is InChI=1S/C17H25NO2/c1-5-16(19)20-17(15-9-7-6-8-10-15)11-12-18(13(2)3)14(17)4/h6-10,13-14H,5,11-12H2,1-4H3/t14-,17-/m1/s1. The predicted octanol–water partition coefficient (Wildman–Crippen LogP) is 3.34. The minimum Gasteiger partial charge on any atom is -0.452 e. The van der Waals surface area contributed by atoms with Crippen LogP contribution in [0.25, 0.3) is 0 Å². The first-order valence-electron chi connectivity index (χ1n) is 7.54. The molecule has 0 spiro atoms. The second-order valence-electron chi connectivity index (χ2n) is 5.84. The van der Waals surface area contributed by atoms with E-state index >= 15 is 0 Å². The Hall–Kier alpha value is -1.35. The molecule has 20 heavy (non-hydrogen) atoms. The lowest BCUT2D eigenvalue weighted by Crippen LogP contribution is -2.45. The van der Waals surface area contributed by atoms with Crippen LogP contribution in [0.4, 0.5) is 0 Å². The normalized spacial score (nSPS) is 26.9. The molecule has 2 atom stereocenters. The van der Waals surface area contributed by atoms with Gasteiger partial charge >= 0.3 is 5.97 Å². The summed E-state index contributed by atoms with van der Waals surface area (Å²) in [4.78, 5) is 14.3. The summed E-state index contributed by atoms with van der Waals surface area (Å²) in [7, 11) is 0. The molecular formula is C17H25NO2. The number of rotatable bonds is 4. The smallest absolute Gasteiger partial charge is 0.306 e. The van der Waals surface area contributed by atoms with Gasteiger partial charge in [0.05, 0.1) is 6.04 Å². The molecule has 1 aliphatic rings. The van der Waals surface area contributed by atoms with Gasteiger partial charge < -0.3 is 4.74 Å². The van der Waals surface area contributed by atoms with E-state index in [0.29, 0.717) is 12.5 Å². The zero-order valence-electron chi connectivity index (χ0n) is 12.9. The molecule has 1 heterocycles. The molecule has 2 rings (SSSR count). The fourth-order valence-electron chi connectivity index (χ4n) is 3.25. The number of carbonyl (C=O) groups is 1. The summed E-state index contributed by atoms with van der Waals surface area (Å²) in [6.07, 6.45) is 1.28. The summed E-state index contributed by atoms with van der Waals surface area (Å²) in [5.74, 6) is -0.119. The van der Waals surface area contributed by atoms with Crippen molar-refractivity contribution in [2.24, 2.45) is 0 Å². The number of nitrogens with zero attached hydrogens (tertiary/aromatic N) is 1. The van der Waals surface area contributed by atoms with Crippen LogP contribution >= 0.6 is 0 Å². The van der Waals surface area contributed by atoms with Crippen LogP contribution in [0.5, 0.6) is 0 Å². The molecule has 3 nitrogen and oxygen atoms in total. The maximum Gasteiger partial charge on any atom is 0.306 e. The summed E-state index contributed by atoms with van der Waals surface area (Å²) in [5.41, 5.74) is 0.607. The van der Waals surface area contributed by atoms with Gasteiger partial charge in [-0.05, 0) is 26.3 Å². The molecule has 1 saturated heterocycles. The van der Waals surface area contributed by atoms with E-state index in [1.165, 1.54) is 0 Å². The Balaban J connectivity index is 2.38. The van der Waals surface area contributed by atoms with Crippen molar-refractivity contribution in [1.29, 1.82) is 0 Å². The molecule has 0 radical (unpaired) electrons. The highest BCUT2D eigenvalue weighted by atomic mass is 16.6. The van der Waals surface area contributed by atoms with E-state index < -0.39 is 5.60 Å². The van der Waals surface area contributed by atoms with Gasteiger partial charge in [-0.25, -0.2) is 0 Å². The SMILES string of the molecule is CCC(=O)O[C@]1(c2ccccc2)CCN(C(C)C)[C@@H]1C. The minimum atomic E-state index is -0.501. The Morgan fingerprint density at radius 2 is 2.05 bits per heavy atom. The van der Waals surface area contributed by atoms with E-state index in [1.807, 2.05) is 25.1 Å². The number of likely N-dealkylation sites (tertiary alicyclic amines) is 1. The molecule has 0 unspecified atom stereocenters. The number of esters is 1. The summed E-state index contributed by atoms with van der Waals surface area (Å²) in [6.45, 7) is 9.37. The van der Waals surface area contributed by atoms with Gasteiger partial charge in [-0.2, -0.15) is 0 Å². The van der Waals surface area contributed by atoms with Crippen molar-refractivity contribution in [3.8, 4) is 0 Å². The fraction of sp³-hybridized carbons (Fsp3) is 0.588. The van der Waals surface area contributed by atoms with E-state index in [4.69, 9.17) is 4.74 Å². The van der Waals surface area contributed by atoms with Crippen LogP contribution in [0, 0.1) is 0 Å². The van der Waals surface area contributed by atoms with Crippen molar-refractivity contribution in [3.05, 3.63) is 35.9 Å². The van der Waals surface area contributed by atoms with Crippen molar-refractivity contribution in [1.82, 2.24) is 4.90 Å². The number of ether oxygens (including phenoxy) is 1. The van der Waals surface area contributed by atoms with Crippen LogP contribution in [0.1, 0.15) is 46.1 Å². The van der Waals surface area contributed by atoms with Crippen LogP contribution < -0.4 is 0 Å². The fourth-order valence-corrected chi connectivity index (χ4v) is 3.25. The van der Waals surface area contributed by atoms with Gasteiger partial charge in [-0.3, -0.25) is 9.69 Å². The summed E-state index contributed by atoms with van der Waals surface area (Å²) in [5, 5.41) is 0. The Bertz CT molecular complexity index is 457. The number of hydrogen-bond acceptors (Lipinski definition) is 3. The maximum atomic E-state index is 11.9. The lowest BCUT2D eigenvalue weighted by molar-refractivity contribution is -0.163. The summed E-state index contributed by atoms with van der Waals surface area (Å²) >= 11 is 0. The minimum absolute atomic E-state index is 0.119. The average Bonchev–Trinajstić information content (AvgIpc) is 2.78. The first-order chi connectivity index (χ1) is 9.51. The summed E-state index contributed by atoms with van der Waals surface area (Å²) < 4.78 is 5.95. The van der Waals surface area contributed by atoms with Crippen LogP contribution in [0.2, 0.25) is 0 Å². The lowest BCUT2D eigenvalue weighted by Gasteiger charge is -2.37. The highest BCUT2D eigenvalue weighted by Crippen LogP contribution is 2.42. The molecule has 1 aliphatic heterocycles. The van der Waals surface area contributed by atoms with Gasteiger partial charge in [-0.1, -0.05) is 37.3 Å². The molecule has 0 bridgehead atoms. The second kappa shape index (κ2) is 5.96. The molecule has 0 N–H and O–H groups in total. The molecular weight excluding hydrogens is 250 g/mol. The first kappa shape index (κ1) is 15.0. The molecule has 0 aromatic heterocycles. The second-order valence-corrected chi connectivity index (χ2v) is 5.84. The van der Waals surface area contributed by atoms with E-state index in [1.54, 1.807) is 0 Å². The van der Waals surface area contributed by atoms with Crippen LogP contribution in [-0.4, -0.2) is 29.5 Å². The van der Waals surface area contributed by atoms with Gasteiger partial charge in [0.1, 0.15) is 0 Å². The van der Waals surface area contributed by atoms with E-state index in [-0.39, 0.29) is 12.0 Å². The zero-order valence-corrected chi connectivity index (χ0v) is 12.9. The maximum absolute atomic E-state index is 11.9. The Morgan fingerprint density at radius 1 is 1.40 bits per heavy atom. The highest BCUT2D eigenvalue weighted by molar-refractivity contribution is 5.70. The van der Waals surface area contributed by atoms with Gasteiger partial charge in [0.25, 0.3) is 0 Å². The Morgan fingerprint density at radius 3 is 2.55 bits per heavy atom.